The number of amides is 1. The van der Waals surface area contributed by atoms with Crippen molar-refractivity contribution in [2.24, 2.45) is 0 Å². The predicted molar refractivity (Wildman–Crippen MR) is 143 cm³/mol. The Morgan fingerprint density at radius 1 is 0.838 bits per heavy atom. The van der Waals surface area contributed by atoms with Crippen molar-refractivity contribution >= 4 is 11.6 Å². The second-order valence-electron chi connectivity index (χ2n) is 10.1. The first kappa shape index (κ1) is 25.4. The SMILES string of the molecule is O=C1NCN(c2ccccc2)C12CCN(C[C@@H](O)[C@@H](c1ccccc1)[C@@H](O)c1ccc(CO)cc1)CC2. The summed E-state index contributed by atoms with van der Waals surface area (Å²) in [7, 11) is 0. The van der Waals surface area contributed by atoms with Crippen LogP contribution in [0.3, 0.4) is 0 Å². The molecule has 0 bridgehead atoms. The average Bonchev–Trinajstić information content (AvgIpc) is 3.26. The zero-order chi connectivity index (χ0) is 25.8. The van der Waals surface area contributed by atoms with E-state index in [0.717, 1.165) is 16.8 Å². The van der Waals surface area contributed by atoms with Crippen molar-refractivity contribution in [3.63, 3.8) is 0 Å². The highest BCUT2D eigenvalue weighted by atomic mass is 16.3. The van der Waals surface area contributed by atoms with Crippen LogP contribution in [0.5, 0.6) is 0 Å². The van der Waals surface area contributed by atoms with E-state index < -0.39 is 23.7 Å². The van der Waals surface area contributed by atoms with Gasteiger partial charge in [-0.2, -0.15) is 0 Å². The summed E-state index contributed by atoms with van der Waals surface area (Å²) in [5.41, 5.74) is 2.80. The summed E-state index contributed by atoms with van der Waals surface area (Å²) in [6, 6.07) is 26.9. The van der Waals surface area contributed by atoms with E-state index in [9.17, 15) is 20.1 Å². The van der Waals surface area contributed by atoms with E-state index in [1.165, 1.54) is 0 Å². The zero-order valence-corrected chi connectivity index (χ0v) is 20.9. The Labute approximate surface area is 218 Å². The number of hydrogen-bond donors (Lipinski definition) is 4. The Morgan fingerprint density at radius 2 is 1.46 bits per heavy atom. The summed E-state index contributed by atoms with van der Waals surface area (Å²) in [4.78, 5) is 17.4. The molecule has 3 aromatic carbocycles. The number of aliphatic hydroxyl groups excluding tert-OH is 3. The fourth-order valence-corrected chi connectivity index (χ4v) is 5.83. The number of nitrogens with zero attached hydrogens (tertiary/aromatic N) is 2. The Hall–Kier alpha value is -3.23. The van der Waals surface area contributed by atoms with Gasteiger partial charge >= 0.3 is 0 Å². The number of nitrogens with one attached hydrogen (secondary N) is 1. The number of para-hydroxylation sites is 1. The van der Waals surface area contributed by atoms with Gasteiger partial charge in [-0.1, -0.05) is 72.8 Å². The molecule has 0 radical (unpaired) electrons. The molecule has 2 saturated heterocycles. The molecule has 3 atom stereocenters. The van der Waals surface area contributed by atoms with Gasteiger partial charge in [0, 0.05) is 31.2 Å². The van der Waals surface area contributed by atoms with Crippen LogP contribution >= 0.6 is 0 Å². The highest BCUT2D eigenvalue weighted by molar-refractivity contribution is 5.93. The molecule has 4 N–H and O–H groups in total. The Bertz CT molecular complexity index is 1160. The summed E-state index contributed by atoms with van der Waals surface area (Å²) >= 11 is 0. The van der Waals surface area contributed by atoms with Crippen LogP contribution in [-0.4, -0.2) is 64.1 Å². The molecule has 0 unspecified atom stereocenters. The predicted octanol–water partition coefficient (Wildman–Crippen LogP) is 2.79. The fraction of sp³-hybridized carbons (Fsp3) is 0.367. The molecule has 7 nitrogen and oxygen atoms in total. The second kappa shape index (κ2) is 11.0. The normalized spacial score (nSPS) is 20.0. The van der Waals surface area contributed by atoms with Gasteiger partial charge in [-0.15, -0.1) is 0 Å². The lowest BCUT2D eigenvalue weighted by Gasteiger charge is -2.44. The van der Waals surface area contributed by atoms with Crippen LogP contribution in [0.4, 0.5) is 5.69 Å². The molecular formula is C30H35N3O4. The number of piperidine rings is 1. The first-order chi connectivity index (χ1) is 18.0. The summed E-state index contributed by atoms with van der Waals surface area (Å²) in [5, 5.41) is 35.2. The lowest BCUT2D eigenvalue weighted by molar-refractivity contribution is -0.125. The number of aliphatic hydroxyl groups is 3. The van der Waals surface area contributed by atoms with Gasteiger partial charge in [-0.05, 0) is 41.7 Å². The molecule has 3 aromatic rings. The third kappa shape index (κ3) is 5.13. The largest absolute Gasteiger partial charge is 0.392 e. The van der Waals surface area contributed by atoms with Crippen LogP contribution in [-0.2, 0) is 11.4 Å². The van der Waals surface area contributed by atoms with Crippen molar-refractivity contribution in [3.8, 4) is 0 Å². The van der Waals surface area contributed by atoms with Crippen LogP contribution in [0.25, 0.3) is 0 Å². The number of anilines is 1. The topological polar surface area (TPSA) is 96.3 Å². The van der Waals surface area contributed by atoms with Gasteiger partial charge in [0.1, 0.15) is 5.54 Å². The molecule has 194 valence electrons. The summed E-state index contributed by atoms with van der Waals surface area (Å²) < 4.78 is 0. The maximum atomic E-state index is 13.0. The van der Waals surface area contributed by atoms with Crippen molar-refractivity contribution in [2.45, 2.75) is 43.1 Å². The number of β-amino-alcohol motifs (C(OH)–C–C–N with tert-alkyl or cyclic N) is 1. The van der Waals surface area contributed by atoms with Crippen molar-refractivity contribution in [1.82, 2.24) is 10.2 Å². The number of hydrogen-bond acceptors (Lipinski definition) is 6. The fourth-order valence-electron chi connectivity index (χ4n) is 5.83. The molecule has 7 heteroatoms. The van der Waals surface area contributed by atoms with E-state index in [2.05, 4.69) is 15.1 Å². The van der Waals surface area contributed by atoms with Crippen LogP contribution < -0.4 is 10.2 Å². The van der Waals surface area contributed by atoms with Crippen LogP contribution in [0, 0.1) is 0 Å². The number of rotatable bonds is 8. The van der Waals surface area contributed by atoms with Crippen LogP contribution in [0.1, 0.15) is 41.6 Å². The molecule has 37 heavy (non-hydrogen) atoms. The smallest absolute Gasteiger partial charge is 0.247 e. The monoisotopic (exact) mass is 501 g/mol. The van der Waals surface area contributed by atoms with E-state index in [0.29, 0.717) is 44.7 Å². The Balaban J connectivity index is 1.30. The summed E-state index contributed by atoms with van der Waals surface area (Å²) in [6.45, 7) is 2.20. The molecule has 1 amide bonds. The molecule has 0 saturated carbocycles. The summed E-state index contributed by atoms with van der Waals surface area (Å²) in [5.74, 6) is -0.451. The quantitative estimate of drug-likeness (QED) is 0.379. The van der Waals surface area contributed by atoms with Crippen molar-refractivity contribution in [2.75, 3.05) is 31.2 Å². The third-order valence-electron chi connectivity index (χ3n) is 7.98. The molecule has 0 aliphatic carbocycles. The van der Waals surface area contributed by atoms with Gasteiger partial charge in [-0.3, -0.25) is 4.79 Å². The lowest BCUT2D eigenvalue weighted by Crippen LogP contribution is -2.57. The first-order valence-corrected chi connectivity index (χ1v) is 13.0. The van der Waals surface area contributed by atoms with E-state index in [1.54, 1.807) is 24.3 Å². The van der Waals surface area contributed by atoms with E-state index >= 15 is 0 Å². The molecule has 2 aliphatic heterocycles. The molecule has 2 heterocycles. The van der Waals surface area contributed by atoms with E-state index in [4.69, 9.17) is 0 Å². The number of benzene rings is 3. The third-order valence-corrected chi connectivity index (χ3v) is 7.98. The number of carbonyl (C=O) groups is 1. The maximum absolute atomic E-state index is 13.0. The Kier molecular flexibility index (Phi) is 7.58. The molecular weight excluding hydrogens is 466 g/mol. The van der Waals surface area contributed by atoms with Gasteiger partial charge in [0.15, 0.2) is 0 Å². The first-order valence-electron chi connectivity index (χ1n) is 13.0. The maximum Gasteiger partial charge on any atom is 0.247 e. The minimum Gasteiger partial charge on any atom is -0.392 e. The van der Waals surface area contributed by atoms with E-state index in [-0.39, 0.29) is 12.5 Å². The van der Waals surface area contributed by atoms with Crippen molar-refractivity contribution < 1.29 is 20.1 Å². The Morgan fingerprint density at radius 3 is 2.08 bits per heavy atom. The van der Waals surface area contributed by atoms with Gasteiger partial charge in [0.05, 0.1) is 25.5 Å². The number of carbonyl (C=O) groups excluding carboxylic acids is 1. The molecule has 1 spiro atoms. The highest BCUT2D eigenvalue weighted by Gasteiger charge is 2.50. The molecule has 2 fully saturated rings. The van der Waals surface area contributed by atoms with Gasteiger partial charge in [0.25, 0.3) is 0 Å². The minimum absolute atomic E-state index is 0.0582. The molecule has 5 rings (SSSR count). The summed E-state index contributed by atoms with van der Waals surface area (Å²) in [6.07, 6.45) is -0.384. The average molecular weight is 502 g/mol. The zero-order valence-electron chi connectivity index (χ0n) is 20.9. The minimum atomic E-state index is -0.907. The van der Waals surface area contributed by atoms with Crippen LogP contribution in [0.15, 0.2) is 84.9 Å². The van der Waals surface area contributed by atoms with Crippen molar-refractivity contribution in [3.05, 3.63) is 102 Å². The lowest BCUT2D eigenvalue weighted by atomic mass is 9.83. The number of likely N-dealkylation sites (tertiary alicyclic amines) is 1. The van der Waals surface area contributed by atoms with Crippen molar-refractivity contribution in [1.29, 1.82) is 0 Å². The van der Waals surface area contributed by atoms with E-state index in [1.807, 2.05) is 60.7 Å². The molecule has 2 aliphatic rings. The van der Waals surface area contributed by atoms with Crippen LogP contribution in [0.2, 0.25) is 0 Å². The highest BCUT2D eigenvalue weighted by Crippen LogP contribution is 2.38. The molecule has 0 aromatic heterocycles. The second-order valence-corrected chi connectivity index (χ2v) is 10.1. The van der Waals surface area contributed by atoms with Gasteiger partial charge < -0.3 is 30.4 Å². The standard InChI is InChI=1S/C30H35N3O4/c34-20-22-11-13-24(14-12-22)28(36)27(23-7-3-1-4-8-23)26(35)19-32-17-15-30(16-18-32)29(37)31-21-33(30)25-9-5-2-6-10-25/h1-14,26-28,34-36H,15-21H2,(H,31,37)/t26-,27-,28+/m1/s1. The van der Waals surface area contributed by atoms with Gasteiger partial charge in [-0.25, -0.2) is 0 Å². The van der Waals surface area contributed by atoms with Gasteiger partial charge in [0.2, 0.25) is 5.91 Å².